The van der Waals surface area contributed by atoms with E-state index in [9.17, 15) is 0 Å². The van der Waals surface area contributed by atoms with Crippen LogP contribution in [0.5, 0.6) is 0 Å². The fourth-order valence-electron chi connectivity index (χ4n) is 1.59. The molecule has 1 nitrogen and oxygen atoms in total. The van der Waals surface area contributed by atoms with Gasteiger partial charge in [-0.05, 0) is 6.42 Å². The lowest BCUT2D eigenvalue weighted by Crippen LogP contribution is -2.02. The summed E-state index contributed by atoms with van der Waals surface area (Å²) in [5, 5.41) is 8.83. The first-order valence-corrected chi connectivity index (χ1v) is 7.30. The van der Waals surface area contributed by atoms with Gasteiger partial charge in [-0.2, -0.15) is 0 Å². The molecule has 0 spiro atoms. The number of rotatable bonds is 10. The van der Waals surface area contributed by atoms with E-state index in [0.29, 0.717) is 10.5 Å². The zero-order chi connectivity index (χ0) is 10.6. The summed E-state index contributed by atoms with van der Waals surface area (Å²) in [5.41, 5.74) is 0. The van der Waals surface area contributed by atoms with E-state index in [4.69, 9.17) is 5.11 Å². The first-order chi connectivity index (χ1) is 6.81. The molecule has 86 valence electrons. The lowest BCUT2D eigenvalue weighted by molar-refractivity contribution is 0.293. The van der Waals surface area contributed by atoms with Gasteiger partial charge in [-0.25, -0.2) is 0 Å². The molecule has 0 amide bonds. The van der Waals surface area contributed by atoms with Gasteiger partial charge < -0.3 is 5.11 Å². The van der Waals surface area contributed by atoms with Crippen LogP contribution in [-0.4, -0.2) is 15.6 Å². The van der Waals surface area contributed by atoms with E-state index < -0.39 is 0 Å². The molecule has 0 fully saturated rings. The third-order valence-electron chi connectivity index (χ3n) is 2.57. The van der Waals surface area contributed by atoms with Gasteiger partial charge >= 0.3 is 0 Å². The Morgan fingerprint density at radius 1 is 0.929 bits per heavy atom. The highest BCUT2D eigenvalue weighted by Gasteiger charge is 2.00. The van der Waals surface area contributed by atoms with Gasteiger partial charge in [0.05, 0.1) is 6.61 Å². The third kappa shape index (κ3) is 10.8. The van der Waals surface area contributed by atoms with Crippen LogP contribution in [0.4, 0.5) is 0 Å². The summed E-state index contributed by atoms with van der Waals surface area (Å²) >= 11 is 2.33. The predicted octanol–water partition coefficient (Wildman–Crippen LogP) is 4.31. The van der Waals surface area contributed by atoms with E-state index >= 15 is 0 Å². The van der Waals surface area contributed by atoms with Gasteiger partial charge in [0, 0.05) is 3.92 Å². The van der Waals surface area contributed by atoms with Gasteiger partial charge in [-0.1, -0.05) is 80.9 Å². The molecule has 0 aliphatic heterocycles. The molecule has 0 saturated heterocycles. The second kappa shape index (κ2) is 11.8. The topological polar surface area (TPSA) is 20.2 Å². The number of aliphatic hydroxyl groups is 1. The number of aliphatic hydroxyl groups excluding tert-OH is 1. The van der Waals surface area contributed by atoms with Crippen LogP contribution >= 0.6 is 22.6 Å². The van der Waals surface area contributed by atoms with E-state index in [1.807, 2.05) is 0 Å². The van der Waals surface area contributed by atoms with Crippen molar-refractivity contribution in [3.63, 3.8) is 0 Å². The zero-order valence-electron chi connectivity index (χ0n) is 9.47. The van der Waals surface area contributed by atoms with E-state index in [0.717, 1.165) is 0 Å². The van der Waals surface area contributed by atoms with Crippen LogP contribution in [0.25, 0.3) is 0 Å². The quantitative estimate of drug-likeness (QED) is 0.362. The molecular weight excluding hydrogens is 287 g/mol. The number of unbranched alkanes of at least 4 members (excludes halogenated alkanes) is 7. The average molecular weight is 312 g/mol. The minimum Gasteiger partial charge on any atom is -0.395 e. The Morgan fingerprint density at radius 3 is 1.93 bits per heavy atom. The Hall–Kier alpha value is 0.690. The van der Waals surface area contributed by atoms with Crippen LogP contribution in [0, 0.1) is 0 Å². The molecule has 1 atom stereocenters. The maximum absolute atomic E-state index is 8.83. The van der Waals surface area contributed by atoms with Crippen molar-refractivity contribution in [3.05, 3.63) is 0 Å². The smallest absolute Gasteiger partial charge is 0.0548 e. The summed E-state index contributed by atoms with van der Waals surface area (Å²) in [5.74, 6) is 0. The Morgan fingerprint density at radius 2 is 1.43 bits per heavy atom. The lowest BCUT2D eigenvalue weighted by atomic mass is 10.1. The molecule has 1 N–H and O–H groups in total. The van der Waals surface area contributed by atoms with Crippen molar-refractivity contribution in [3.8, 4) is 0 Å². The summed E-state index contributed by atoms with van der Waals surface area (Å²) in [4.78, 5) is 0. The minimum absolute atomic E-state index is 0.344. The summed E-state index contributed by atoms with van der Waals surface area (Å²) in [6, 6.07) is 0. The monoisotopic (exact) mass is 312 g/mol. The standard InChI is InChI=1S/C12H25IO/c1-2-3-4-5-6-7-8-9-10-12(13)11-14/h12,14H,2-11H2,1H3. The van der Waals surface area contributed by atoms with Crippen molar-refractivity contribution in [1.29, 1.82) is 0 Å². The summed E-state index contributed by atoms with van der Waals surface area (Å²) in [6.45, 7) is 2.60. The minimum atomic E-state index is 0.344. The van der Waals surface area contributed by atoms with Crippen molar-refractivity contribution < 1.29 is 5.11 Å². The molecule has 0 saturated carbocycles. The highest BCUT2D eigenvalue weighted by Crippen LogP contribution is 2.13. The van der Waals surface area contributed by atoms with E-state index in [1.54, 1.807) is 0 Å². The molecule has 0 aliphatic rings. The maximum Gasteiger partial charge on any atom is 0.0548 e. The van der Waals surface area contributed by atoms with Gasteiger partial charge in [0.15, 0.2) is 0 Å². The van der Waals surface area contributed by atoms with E-state index in [1.165, 1.54) is 57.8 Å². The first-order valence-electron chi connectivity index (χ1n) is 6.06. The van der Waals surface area contributed by atoms with Crippen LogP contribution < -0.4 is 0 Å². The SMILES string of the molecule is CCCCCCCCCCC(I)CO. The number of hydrogen-bond donors (Lipinski definition) is 1. The van der Waals surface area contributed by atoms with Crippen molar-refractivity contribution in [1.82, 2.24) is 0 Å². The molecule has 0 aromatic carbocycles. The van der Waals surface area contributed by atoms with Gasteiger partial charge in [0.2, 0.25) is 0 Å². The first kappa shape index (κ1) is 14.7. The average Bonchev–Trinajstić information content (AvgIpc) is 2.21. The molecular formula is C12H25IO. The van der Waals surface area contributed by atoms with Crippen LogP contribution in [0.2, 0.25) is 0 Å². The molecule has 0 aromatic heterocycles. The Bertz CT molecular complexity index is 106. The third-order valence-corrected chi connectivity index (χ3v) is 3.59. The van der Waals surface area contributed by atoms with Crippen molar-refractivity contribution in [2.75, 3.05) is 6.61 Å². The summed E-state index contributed by atoms with van der Waals surface area (Å²) in [7, 11) is 0. The summed E-state index contributed by atoms with van der Waals surface area (Å²) in [6.07, 6.45) is 12.2. The second-order valence-corrected chi connectivity index (χ2v) is 5.80. The number of hydrogen-bond acceptors (Lipinski definition) is 1. The second-order valence-electron chi connectivity index (χ2n) is 4.04. The Balaban J connectivity index is 2.92. The predicted molar refractivity (Wildman–Crippen MR) is 72.1 cm³/mol. The molecule has 14 heavy (non-hydrogen) atoms. The Labute approximate surface area is 103 Å². The van der Waals surface area contributed by atoms with Crippen molar-refractivity contribution in [2.45, 2.75) is 68.6 Å². The normalized spacial score (nSPS) is 13.1. The molecule has 2 heteroatoms. The highest BCUT2D eigenvalue weighted by molar-refractivity contribution is 14.1. The molecule has 0 rings (SSSR count). The van der Waals surface area contributed by atoms with Crippen molar-refractivity contribution >= 4 is 22.6 Å². The van der Waals surface area contributed by atoms with E-state index in [-0.39, 0.29) is 0 Å². The molecule has 0 heterocycles. The lowest BCUT2D eigenvalue weighted by Gasteiger charge is -2.05. The molecule has 0 bridgehead atoms. The van der Waals surface area contributed by atoms with Gasteiger partial charge in [0.25, 0.3) is 0 Å². The molecule has 0 aromatic rings. The van der Waals surface area contributed by atoms with Gasteiger partial charge in [0.1, 0.15) is 0 Å². The van der Waals surface area contributed by atoms with Crippen LogP contribution in [0.1, 0.15) is 64.7 Å². The van der Waals surface area contributed by atoms with Crippen molar-refractivity contribution in [2.24, 2.45) is 0 Å². The Kier molecular flexibility index (Phi) is 12.3. The largest absolute Gasteiger partial charge is 0.395 e. The fraction of sp³-hybridized carbons (Fsp3) is 1.00. The number of alkyl halides is 1. The summed E-state index contributed by atoms with van der Waals surface area (Å²) < 4.78 is 0.479. The van der Waals surface area contributed by atoms with Crippen LogP contribution in [0.3, 0.4) is 0 Å². The van der Waals surface area contributed by atoms with Gasteiger partial charge in [-0.3, -0.25) is 0 Å². The fourth-order valence-corrected chi connectivity index (χ4v) is 2.03. The molecule has 0 aliphatic carbocycles. The zero-order valence-corrected chi connectivity index (χ0v) is 11.6. The highest BCUT2D eigenvalue weighted by atomic mass is 127. The van der Waals surface area contributed by atoms with Gasteiger partial charge in [-0.15, -0.1) is 0 Å². The molecule has 0 radical (unpaired) electrons. The number of halogens is 1. The maximum atomic E-state index is 8.83. The molecule has 1 unspecified atom stereocenters. The van der Waals surface area contributed by atoms with E-state index in [2.05, 4.69) is 29.5 Å². The van der Waals surface area contributed by atoms with Crippen LogP contribution in [-0.2, 0) is 0 Å². The van der Waals surface area contributed by atoms with Crippen LogP contribution in [0.15, 0.2) is 0 Å².